The monoisotopic (exact) mass is 486 g/mol. The maximum absolute atomic E-state index is 15.3. The second kappa shape index (κ2) is 12.3. The molecule has 0 spiro atoms. The Morgan fingerprint density at radius 2 is 1.39 bits per heavy atom. The molecule has 1 aliphatic rings. The molecule has 1 atom stereocenters. The third-order valence-electron chi connectivity index (χ3n) is 6.99. The van der Waals surface area contributed by atoms with Crippen molar-refractivity contribution in [2.45, 2.75) is 64.4 Å². The van der Waals surface area contributed by atoms with Crippen molar-refractivity contribution < 1.29 is 13.5 Å². The summed E-state index contributed by atoms with van der Waals surface area (Å²) in [5.41, 5.74) is 3.71. The molecule has 1 nitrogen and oxygen atoms in total. The van der Waals surface area contributed by atoms with Crippen LogP contribution in [0.2, 0.25) is 0 Å². The summed E-state index contributed by atoms with van der Waals surface area (Å²) in [7, 11) is 0. The van der Waals surface area contributed by atoms with E-state index >= 15 is 8.78 Å². The van der Waals surface area contributed by atoms with E-state index in [0.717, 1.165) is 37.0 Å². The summed E-state index contributed by atoms with van der Waals surface area (Å²) in [5, 5.41) is 0. The largest absolute Gasteiger partial charge is 0.371 e. The summed E-state index contributed by atoms with van der Waals surface area (Å²) < 4.78 is 36.8. The van der Waals surface area contributed by atoms with Crippen molar-refractivity contribution in [3.63, 3.8) is 0 Å². The normalized spacial score (nSPS) is 17.3. The Hall–Kier alpha value is -3.04. The van der Waals surface area contributed by atoms with Crippen molar-refractivity contribution in [1.29, 1.82) is 0 Å². The van der Waals surface area contributed by atoms with Crippen LogP contribution in [0.15, 0.2) is 85.0 Å². The molecule has 3 heteroatoms. The van der Waals surface area contributed by atoms with Crippen LogP contribution in [-0.2, 0) is 4.74 Å². The van der Waals surface area contributed by atoms with Crippen LogP contribution in [0, 0.1) is 11.6 Å². The van der Waals surface area contributed by atoms with Gasteiger partial charge in [-0.05, 0) is 41.5 Å². The molecule has 1 unspecified atom stereocenters. The molecule has 0 N–H and O–H groups in total. The highest BCUT2D eigenvalue weighted by Gasteiger charge is 2.29. The van der Waals surface area contributed by atoms with E-state index in [-0.39, 0.29) is 11.2 Å². The van der Waals surface area contributed by atoms with E-state index in [1.54, 1.807) is 12.1 Å². The molecule has 4 rings (SSSR count). The van der Waals surface area contributed by atoms with Crippen molar-refractivity contribution in [1.82, 2.24) is 0 Å². The van der Waals surface area contributed by atoms with Crippen LogP contribution >= 0.6 is 0 Å². The topological polar surface area (TPSA) is 9.23 Å². The van der Waals surface area contributed by atoms with Crippen LogP contribution in [0.5, 0.6) is 0 Å². The van der Waals surface area contributed by atoms with Gasteiger partial charge in [-0.15, -0.1) is 0 Å². The molecule has 0 fully saturated rings. The van der Waals surface area contributed by atoms with Gasteiger partial charge in [0.15, 0.2) is 11.6 Å². The number of hydrogen-bond acceptors (Lipinski definition) is 1. The molecule has 1 aliphatic carbocycles. The number of allylic oxidation sites excluding steroid dienone is 2. The van der Waals surface area contributed by atoms with Crippen LogP contribution in [0.1, 0.15) is 64.4 Å². The van der Waals surface area contributed by atoms with Gasteiger partial charge in [0, 0.05) is 17.7 Å². The molecule has 0 saturated carbocycles. The number of rotatable bonds is 11. The third-order valence-corrected chi connectivity index (χ3v) is 6.99. The molecule has 3 aromatic rings. The van der Waals surface area contributed by atoms with Gasteiger partial charge in [-0.2, -0.15) is 0 Å². The van der Waals surface area contributed by atoms with Gasteiger partial charge in [-0.1, -0.05) is 124 Å². The minimum absolute atomic E-state index is 0.270. The van der Waals surface area contributed by atoms with E-state index in [1.165, 1.54) is 19.3 Å². The molecule has 188 valence electrons. The Kier molecular flexibility index (Phi) is 8.88. The highest BCUT2D eigenvalue weighted by molar-refractivity contribution is 5.78. The number of unbranched alkanes of at least 4 members (excludes halogenated alkanes) is 3. The van der Waals surface area contributed by atoms with E-state index in [9.17, 15) is 0 Å². The standard InChI is InChI=1S/C33H36F2O/c1-3-5-6-10-24-36-33(21-4-2)22-19-28(20-23-33)30-18-17-29(31(34)32(30)35)27-15-13-26(14-16-27)25-11-8-7-9-12-25/h7-9,11-20,22H,3-6,10,21,23-24H2,1-2H3. The first-order valence-corrected chi connectivity index (χ1v) is 13.2. The number of hydrogen-bond donors (Lipinski definition) is 0. The van der Waals surface area contributed by atoms with Gasteiger partial charge in [-0.25, -0.2) is 8.78 Å². The fourth-order valence-corrected chi connectivity index (χ4v) is 4.92. The fourth-order valence-electron chi connectivity index (χ4n) is 4.92. The zero-order valence-corrected chi connectivity index (χ0v) is 21.4. The Bertz CT molecular complexity index is 1190. The van der Waals surface area contributed by atoms with Crippen LogP contribution in [0.25, 0.3) is 27.8 Å². The van der Waals surface area contributed by atoms with Crippen molar-refractivity contribution in [3.8, 4) is 22.3 Å². The minimum atomic E-state index is -0.813. The van der Waals surface area contributed by atoms with E-state index in [1.807, 2.05) is 66.7 Å². The average molecular weight is 487 g/mol. The average Bonchev–Trinajstić information content (AvgIpc) is 2.92. The van der Waals surface area contributed by atoms with Crippen molar-refractivity contribution in [3.05, 3.63) is 102 Å². The summed E-state index contributed by atoms with van der Waals surface area (Å²) in [6.07, 6.45) is 13.2. The predicted molar refractivity (Wildman–Crippen MR) is 147 cm³/mol. The highest BCUT2D eigenvalue weighted by Crippen LogP contribution is 2.36. The lowest BCUT2D eigenvalue weighted by atomic mass is 9.85. The van der Waals surface area contributed by atoms with Crippen LogP contribution in [-0.4, -0.2) is 12.2 Å². The summed E-state index contributed by atoms with van der Waals surface area (Å²) in [6, 6.07) is 20.9. The molecule has 3 aromatic carbocycles. The van der Waals surface area contributed by atoms with E-state index in [2.05, 4.69) is 19.9 Å². The Morgan fingerprint density at radius 3 is 2.06 bits per heavy atom. The molecule has 0 aromatic heterocycles. The van der Waals surface area contributed by atoms with Gasteiger partial charge in [0.1, 0.15) is 0 Å². The van der Waals surface area contributed by atoms with Gasteiger partial charge < -0.3 is 4.74 Å². The first kappa shape index (κ1) is 26.0. The van der Waals surface area contributed by atoms with Gasteiger partial charge in [-0.3, -0.25) is 0 Å². The summed E-state index contributed by atoms with van der Waals surface area (Å²) in [6.45, 7) is 5.08. The van der Waals surface area contributed by atoms with Crippen LogP contribution in [0.3, 0.4) is 0 Å². The third kappa shape index (κ3) is 6.02. The Balaban J connectivity index is 1.50. The highest BCUT2D eigenvalue weighted by atomic mass is 19.2. The molecule has 0 amide bonds. The molecule has 0 bridgehead atoms. The molecule has 36 heavy (non-hydrogen) atoms. The van der Waals surface area contributed by atoms with Crippen molar-refractivity contribution in [2.24, 2.45) is 0 Å². The second-order valence-corrected chi connectivity index (χ2v) is 9.65. The van der Waals surface area contributed by atoms with Gasteiger partial charge >= 0.3 is 0 Å². The van der Waals surface area contributed by atoms with E-state index < -0.39 is 11.6 Å². The number of ether oxygens (including phenoxy) is 1. The Labute approximate surface area is 214 Å². The van der Waals surface area contributed by atoms with E-state index in [0.29, 0.717) is 23.1 Å². The van der Waals surface area contributed by atoms with Gasteiger partial charge in [0.05, 0.1) is 5.60 Å². The molecule has 0 aliphatic heterocycles. The fraction of sp³-hybridized carbons (Fsp3) is 0.333. The maximum Gasteiger partial charge on any atom is 0.167 e. The first-order valence-electron chi connectivity index (χ1n) is 13.2. The van der Waals surface area contributed by atoms with Gasteiger partial charge in [0.25, 0.3) is 0 Å². The summed E-state index contributed by atoms with van der Waals surface area (Å²) >= 11 is 0. The van der Waals surface area contributed by atoms with Crippen molar-refractivity contribution in [2.75, 3.05) is 6.61 Å². The number of halogens is 2. The molecule has 0 radical (unpaired) electrons. The molecular formula is C33H36F2O. The maximum atomic E-state index is 15.3. The van der Waals surface area contributed by atoms with Gasteiger partial charge in [0.2, 0.25) is 0 Å². The minimum Gasteiger partial charge on any atom is -0.371 e. The summed E-state index contributed by atoms with van der Waals surface area (Å²) in [4.78, 5) is 0. The lowest BCUT2D eigenvalue weighted by Gasteiger charge is -2.32. The molecule has 0 saturated heterocycles. The summed E-state index contributed by atoms with van der Waals surface area (Å²) in [5.74, 6) is -1.62. The van der Waals surface area contributed by atoms with Crippen LogP contribution < -0.4 is 0 Å². The molecule has 0 heterocycles. The molecular weight excluding hydrogens is 450 g/mol. The smallest absolute Gasteiger partial charge is 0.167 e. The lowest BCUT2D eigenvalue weighted by Crippen LogP contribution is -2.31. The zero-order valence-electron chi connectivity index (χ0n) is 21.4. The quantitative estimate of drug-likeness (QED) is 0.245. The zero-order chi connectivity index (χ0) is 25.4. The Morgan fingerprint density at radius 1 is 0.722 bits per heavy atom. The van der Waals surface area contributed by atoms with Crippen molar-refractivity contribution >= 4 is 5.57 Å². The SMILES string of the molecule is CCCCCCOC1(CCC)C=CC(c2ccc(-c3ccc(-c4ccccc4)cc3)c(F)c2F)=CC1. The van der Waals surface area contributed by atoms with Crippen LogP contribution in [0.4, 0.5) is 8.78 Å². The number of benzene rings is 3. The lowest BCUT2D eigenvalue weighted by molar-refractivity contribution is -0.0153. The first-order chi connectivity index (χ1) is 17.6. The second-order valence-electron chi connectivity index (χ2n) is 9.65. The van der Waals surface area contributed by atoms with E-state index in [4.69, 9.17) is 4.74 Å². The predicted octanol–water partition coefficient (Wildman–Crippen LogP) is 9.78.